The van der Waals surface area contributed by atoms with Crippen molar-refractivity contribution in [3.63, 3.8) is 0 Å². The number of rotatable bonds is 0. The third kappa shape index (κ3) is 0.618. The topological polar surface area (TPSA) is 0 Å². The first-order chi connectivity index (χ1) is 2.89. The molecular formula is C4H6B2. The molecular weight excluding hydrogens is 69.7 g/mol. The molecule has 28 valence electrons. The van der Waals surface area contributed by atoms with Crippen LogP contribution in [-0.2, 0) is 0 Å². The van der Waals surface area contributed by atoms with Gasteiger partial charge in [0.2, 0.25) is 0 Å². The molecule has 0 spiro atoms. The van der Waals surface area contributed by atoms with E-state index in [-0.39, 0.29) is 0 Å². The van der Waals surface area contributed by atoms with Gasteiger partial charge in [-0.15, -0.1) is 0 Å². The minimum absolute atomic E-state index is 1.17. The van der Waals surface area contributed by atoms with Gasteiger partial charge in [-0.25, -0.2) is 0 Å². The molecule has 1 heterocycles. The van der Waals surface area contributed by atoms with Gasteiger partial charge in [0.15, 0.2) is 0 Å². The fourth-order valence-electron chi connectivity index (χ4n) is 0.554. The van der Waals surface area contributed by atoms with Crippen LogP contribution in [0.1, 0.15) is 6.92 Å². The van der Waals surface area contributed by atoms with E-state index >= 15 is 0 Å². The molecule has 0 aromatic rings. The molecule has 0 saturated carbocycles. The van der Waals surface area contributed by atoms with Crippen molar-refractivity contribution in [1.29, 1.82) is 0 Å². The van der Waals surface area contributed by atoms with Gasteiger partial charge in [-0.1, -0.05) is 0 Å². The van der Waals surface area contributed by atoms with Gasteiger partial charge in [-0.3, -0.25) is 0 Å². The zero-order valence-corrected chi connectivity index (χ0v) is 3.94. The van der Waals surface area contributed by atoms with E-state index in [1.54, 1.807) is 0 Å². The molecule has 0 N–H and O–H groups in total. The van der Waals surface area contributed by atoms with Crippen molar-refractivity contribution in [2.45, 2.75) is 6.92 Å². The van der Waals surface area contributed by atoms with Gasteiger partial charge in [-0.2, -0.15) is 0 Å². The summed E-state index contributed by atoms with van der Waals surface area (Å²) in [6.45, 7) is 4.23. The van der Waals surface area contributed by atoms with Crippen molar-refractivity contribution in [1.82, 2.24) is 0 Å². The predicted octanol–water partition coefficient (Wildman–Crippen LogP) is -0.238. The molecule has 0 bridgehead atoms. The van der Waals surface area contributed by atoms with E-state index in [4.69, 9.17) is 0 Å². The quantitative estimate of drug-likeness (QED) is 0.349. The SMILES string of the molecule is CC1=CB=CB1. The maximum atomic E-state index is 2.16. The Hall–Kier alpha value is -0.260. The zero-order chi connectivity index (χ0) is 4.41. The average molecular weight is 75.7 g/mol. The molecule has 0 aromatic heterocycles. The van der Waals surface area contributed by atoms with Gasteiger partial charge in [-0.05, 0) is 0 Å². The molecule has 0 atom stereocenters. The first-order valence-electron chi connectivity index (χ1n) is 2.22. The summed E-state index contributed by atoms with van der Waals surface area (Å²) >= 11 is 0. The van der Waals surface area contributed by atoms with Crippen molar-refractivity contribution in [3.8, 4) is 0 Å². The van der Waals surface area contributed by atoms with Crippen LogP contribution >= 0.6 is 0 Å². The monoisotopic (exact) mass is 76.1 g/mol. The number of hydrogen-bond donors (Lipinski definition) is 0. The van der Waals surface area contributed by atoms with E-state index in [0.717, 1.165) is 0 Å². The van der Waals surface area contributed by atoms with E-state index in [1.165, 1.54) is 12.8 Å². The molecule has 2 heteroatoms. The van der Waals surface area contributed by atoms with E-state index in [0.29, 0.717) is 0 Å². The summed E-state index contributed by atoms with van der Waals surface area (Å²) in [5, 5.41) is 0. The Kier molecular flexibility index (Phi) is 0.952. The van der Waals surface area contributed by atoms with E-state index < -0.39 is 0 Å². The first-order valence-corrected chi connectivity index (χ1v) is 2.22. The van der Waals surface area contributed by atoms with Gasteiger partial charge in [0.1, 0.15) is 0 Å². The van der Waals surface area contributed by atoms with Crippen molar-refractivity contribution in [3.05, 3.63) is 11.4 Å². The van der Waals surface area contributed by atoms with Crippen LogP contribution < -0.4 is 0 Å². The zero-order valence-electron chi connectivity index (χ0n) is 3.94. The molecule has 1 aliphatic heterocycles. The number of hydrogen-bond acceptors (Lipinski definition) is 0. The third-order valence-corrected chi connectivity index (χ3v) is 0.957. The third-order valence-electron chi connectivity index (χ3n) is 0.957. The fraction of sp³-hybridized carbons (Fsp3) is 0.250. The van der Waals surface area contributed by atoms with Gasteiger partial charge in [0, 0.05) is 0 Å². The minimum atomic E-state index is 1.17. The first kappa shape index (κ1) is 3.91. The summed E-state index contributed by atoms with van der Waals surface area (Å²) < 4.78 is 0. The van der Waals surface area contributed by atoms with E-state index in [2.05, 4.69) is 25.7 Å². The summed E-state index contributed by atoms with van der Waals surface area (Å²) in [4.78, 5) is 0. The molecule has 0 unspecified atom stereocenters. The average Bonchev–Trinajstić information content (AvgIpc) is 1.86. The second-order valence-corrected chi connectivity index (χ2v) is 1.65. The maximum absolute atomic E-state index is 2.16. The van der Waals surface area contributed by atoms with Crippen LogP contribution in [0, 0.1) is 0 Å². The second kappa shape index (κ2) is 1.46. The van der Waals surface area contributed by atoms with E-state index in [1.807, 2.05) is 0 Å². The van der Waals surface area contributed by atoms with Crippen molar-refractivity contribution < 1.29 is 0 Å². The molecule has 0 saturated heterocycles. The molecule has 0 fully saturated rings. The van der Waals surface area contributed by atoms with Crippen LogP contribution in [0.15, 0.2) is 11.4 Å². The summed E-state index contributed by atoms with van der Waals surface area (Å²) in [5.74, 6) is 4.30. The normalized spacial score (nSPS) is 15.8. The van der Waals surface area contributed by atoms with Gasteiger partial charge < -0.3 is 0 Å². The van der Waals surface area contributed by atoms with Crippen LogP contribution in [-0.4, -0.2) is 20.1 Å². The Balaban J connectivity index is 2.61. The van der Waals surface area contributed by atoms with Crippen molar-refractivity contribution in [2.75, 3.05) is 0 Å². The summed E-state index contributed by atoms with van der Waals surface area (Å²) in [6, 6.07) is 0. The van der Waals surface area contributed by atoms with Crippen LogP contribution in [0.5, 0.6) is 0 Å². The molecule has 0 aliphatic carbocycles. The fourth-order valence-corrected chi connectivity index (χ4v) is 0.554. The summed E-state index contributed by atoms with van der Waals surface area (Å²) in [5.41, 5.74) is 1.47. The van der Waals surface area contributed by atoms with Crippen molar-refractivity contribution >= 4 is 20.1 Å². The Labute approximate surface area is 39.4 Å². The Morgan fingerprint density at radius 2 is 2.67 bits per heavy atom. The summed E-state index contributed by atoms with van der Waals surface area (Å²) in [6.07, 6.45) is 0. The van der Waals surface area contributed by atoms with Gasteiger partial charge in [0.25, 0.3) is 0 Å². The van der Waals surface area contributed by atoms with Crippen molar-refractivity contribution in [2.24, 2.45) is 0 Å². The molecule has 6 heavy (non-hydrogen) atoms. The van der Waals surface area contributed by atoms with Crippen LogP contribution in [0.25, 0.3) is 0 Å². The van der Waals surface area contributed by atoms with Crippen LogP contribution in [0.3, 0.4) is 0 Å². The van der Waals surface area contributed by atoms with Gasteiger partial charge in [0.05, 0.1) is 0 Å². The molecule has 0 nitrogen and oxygen atoms in total. The van der Waals surface area contributed by atoms with Gasteiger partial charge >= 0.3 is 38.4 Å². The van der Waals surface area contributed by atoms with Crippen LogP contribution in [0.2, 0.25) is 0 Å². The van der Waals surface area contributed by atoms with E-state index in [9.17, 15) is 0 Å². The standard InChI is InChI=1S/C4H6B2/c1-4-2-5-3-6-4/h2-3,6H,1H3. The molecule has 1 aliphatic rings. The molecule has 0 radical (unpaired) electrons. The Bertz CT molecular complexity index is 102. The van der Waals surface area contributed by atoms with Crippen LogP contribution in [0.4, 0.5) is 0 Å². The predicted molar refractivity (Wildman–Crippen MR) is 32.7 cm³/mol. The molecule has 1 rings (SSSR count). The second-order valence-electron chi connectivity index (χ2n) is 1.65. The summed E-state index contributed by atoms with van der Waals surface area (Å²) in [7, 11) is 1.17. The molecule has 0 aromatic carbocycles. The number of allylic oxidation sites excluding steroid dienone is 1. The Morgan fingerprint density at radius 3 is 2.83 bits per heavy atom. The Morgan fingerprint density at radius 1 is 1.83 bits per heavy atom. The molecule has 0 amide bonds.